The molecule has 2 heterocycles. The summed E-state index contributed by atoms with van der Waals surface area (Å²) in [5, 5.41) is 0. The first kappa shape index (κ1) is 25.7. The van der Waals surface area contributed by atoms with Gasteiger partial charge in [-0.15, -0.1) is 0 Å². The van der Waals surface area contributed by atoms with Crippen LogP contribution in [0.5, 0.6) is 5.75 Å². The molecule has 38 heavy (non-hydrogen) atoms. The number of hydrogen-bond donors (Lipinski definition) is 0. The fourth-order valence-electron chi connectivity index (χ4n) is 4.85. The molecule has 5 nitrogen and oxygen atoms in total. The Morgan fingerprint density at radius 2 is 1.50 bits per heavy atom. The van der Waals surface area contributed by atoms with Crippen molar-refractivity contribution in [3.8, 4) is 5.75 Å². The lowest BCUT2D eigenvalue weighted by atomic mass is 9.78. The summed E-state index contributed by atoms with van der Waals surface area (Å²) >= 11 is 0. The van der Waals surface area contributed by atoms with Crippen molar-refractivity contribution < 1.29 is 18.3 Å². The minimum absolute atomic E-state index is 0.112. The van der Waals surface area contributed by atoms with E-state index in [1.54, 1.807) is 29.2 Å². The summed E-state index contributed by atoms with van der Waals surface area (Å²) in [7, 11) is 0. The van der Waals surface area contributed by atoms with E-state index in [2.05, 4.69) is 55.1 Å². The molecule has 3 aromatic carbocycles. The number of rotatable bonds is 8. The van der Waals surface area contributed by atoms with Crippen LogP contribution in [-0.2, 0) is 18.6 Å². The van der Waals surface area contributed by atoms with Gasteiger partial charge in [-0.3, -0.25) is 9.69 Å². The number of carbonyl (C=O) groups is 1. The van der Waals surface area contributed by atoms with Gasteiger partial charge < -0.3 is 14.1 Å². The molecule has 4 aromatic rings. The zero-order chi connectivity index (χ0) is 26.5. The maximum Gasteiger partial charge on any atom is 0.289 e. The summed E-state index contributed by atoms with van der Waals surface area (Å²) in [5.74, 6) is 1.33. The van der Waals surface area contributed by atoms with Crippen LogP contribution in [-0.4, -0.2) is 41.9 Å². The van der Waals surface area contributed by atoms with E-state index in [4.69, 9.17) is 9.15 Å². The third-order valence-electron chi connectivity index (χ3n) is 7.34. The van der Waals surface area contributed by atoms with E-state index in [9.17, 15) is 9.18 Å². The lowest BCUT2D eigenvalue weighted by Crippen LogP contribution is -2.48. The standard InChI is InChI=1S/C32H33FN2O3/c1-32(2,25-9-4-3-5-10-25)26-12-14-27(15-13-26)37-23-28-16-17-30(38-28)31(36)35-20-18-34(19-21-35)22-24-8-6-7-11-29(24)33/h3-17H,18-23H2,1-2H3. The predicted octanol–water partition coefficient (Wildman–Crippen LogP) is 6.28. The SMILES string of the molecule is CC(C)(c1ccccc1)c1ccc(OCc2ccc(C(=O)N3CCN(Cc4ccccc4F)CC3)o2)cc1. The second-order valence-corrected chi connectivity index (χ2v) is 10.2. The predicted molar refractivity (Wildman–Crippen MR) is 146 cm³/mol. The first-order chi connectivity index (χ1) is 18.4. The highest BCUT2D eigenvalue weighted by atomic mass is 19.1. The number of furan rings is 1. The topological polar surface area (TPSA) is 45.9 Å². The summed E-state index contributed by atoms with van der Waals surface area (Å²) in [4.78, 5) is 16.9. The fourth-order valence-corrected chi connectivity index (χ4v) is 4.85. The van der Waals surface area contributed by atoms with E-state index < -0.39 is 0 Å². The minimum atomic E-state index is -0.191. The van der Waals surface area contributed by atoms with Crippen LogP contribution in [0.15, 0.2) is 95.4 Å². The van der Waals surface area contributed by atoms with Crippen LogP contribution in [0.2, 0.25) is 0 Å². The summed E-state index contributed by atoms with van der Waals surface area (Å²) in [6.45, 7) is 7.73. The van der Waals surface area contributed by atoms with Crippen molar-refractivity contribution in [3.05, 3.63) is 125 Å². The number of amides is 1. The second kappa shape index (κ2) is 11.2. The Labute approximate surface area is 223 Å². The summed E-state index contributed by atoms with van der Waals surface area (Å²) in [6, 6.07) is 28.9. The molecule has 6 heteroatoms. The monoisotopic (exact) mass is 512 g/mol. The van der Waals surface area contributed by atoms with Crippen LogP contribution in [0.1, 0.15) is 46.9 Å². The molecule has 1 aliphatic rings. The van der Waals surface area contributed by atoms with Crippen LogP contribution in [0.25, 0.3) is 0 Å². The summed E-state index contributed by atoms with van der Waals surface area (Å²) in [6.07, 6.45) is 0. The van der Waals surface area contributed by atoms with E-state index in [-0.39, 0.29) is 23.7 Å². The van der Waals surface area contributed by atoms with Crippen LogP contribution < -0.4 is 4.74 Å². The van der Waals surface area contributed by atoms with Gasteiger partial charge in [0.25, 0.3) is 5.91 Å². The third kappa shape index (κ3) is 5.81. The number of piperazine rings is 1. The smallest absolute Gasteiger partial charge is 0.289 e. The van der Waals surface area contributed by atoms with Crippen molar-refractivity contribution in [2.45, 2.75) is 32.4 Å². The highest BCUT2D eigenvalue weighted by Crippen LogP contribution is 2.32. The highest BCUT2D eigenvalue weighted by Gasteiger charge is 2.25. The number of hydrogen-bond acceptors (Lipinski definition) is 4. The zero-order valence-electron chi connectivity index (χ0n) is 21.9. The van der Waals surface area contributed by atoms with Crippen LogP contribution >= 0.6 is 0 Å². The lowest BCUT2D eigenvalue weighted by Gasteiger charge is -2.34. The van der Waals surface area contributed by atoms with Crippen molar-refractivity contribution in [1.82, 2.24) is 9.80 Å². The van der Waals surface area contributed by atoms with Crippen molar-refractivity contribution in [1.29, 1.82) is 0 Å². The van der Waals surface area contributed by atoms with E-state index in [0.717, 1.165) is 5.75 Å². The van der Waals surface area contributed by atoms with Crippen LogP contribution in [0.4, 0.5) is 4.39 Å². The average molecular weight is 513 g/mol. The molecule has 0 saturated carbocycles. The van der Waals surface area contributed by atoms with Crippen LogP contribution in [0.3, 0.4) is 0 Å². The Morgan fingerprint density at radius 1 is 0.842 bits per heavy atom. The molecule has 1 saturated heterocycles. The van der Waals surface area contributed by atoms with E-state index in [0.29, 0.717) is 49.8 Å². The molecule has 1 amide bonds. The van der Waals surface area contributed by atoms with E-state index in [1.165, 1.54) is 17.2 Å². The maximum absolute atomic E-state index is 14.0. The number of ether oxygens (including phenoxy) is 1. The average Bonchev–Trinajstić information content (AvgIpc) is 3.43. The zero-order valence-corrected chi connectivity index (χ0v) is 21.9. The van der Waals surface area contributed by atoms with Gasteiger partial charge in [-0.25, -0.2) is 4.39 Å². The Balaban J connectivity index is 1.12. The quantitative estimate of drug-likeness (QED) is 0.279. The molecule has 1 aliphatic heterocycles. The van der Waals surface area contributed by atoms with Crippen molar-refractivity contribution in [2.75, 3.05) is 26.2 Å². The molecule has 0 unspecified atom stereocenters. The van der Waals surface area contributed by atoms with Crippen LogP contribution in [0, 0.1) is 5.82 Å². The first-order valence-electron chi connectivity index (χ1n) is 13.0. The Bertz CT molecular complexity index is 1360. The van der Waals surface area contributed by atoms with Gasteiger partial charge in [0.05, 0.1) is 0 Å². The highest BCUT2D eigenvalue weighted by molar-refractivity contribution is 5.91. The number of benzene rings is 3. The largest absolute Gasteiger partial charge is 0.486 e. The van der Waals surface area contributed by atoms with Gasteiger partial charge in [0.15, 0.2) is 5.76 Å². The van der Waals surface area contributed by atoms with Crippen molar-refractivity contribution in [2.24, 2.45) is 0 Å². The van der Waals surface area contributed by atoms with Gasteiger partial charge >= 0.3 is 0 Å². The van der Waals surface area contributed by atoms with E-state index in [1.807, 2.05) is 24.3 Å². The van der Waals surface area contributed by atoms with Gasteiger partial charge in [0.2, 0.25) is 0 Å². The number of nitrogens with zero attached hydrogens (tertiary/aromatic N) is 2. The van der Waals surface area contributed by atoms with Crippen molar-refractivity contribution in [3.63, 3.8) is 0 Å². The molecule has 0 bridgehead atoms. The van der Waals surface area contributed by atoms with E-state index >= 15 is 0 Å². The first-order valence-corrected chi connectivity index (χ1v) is 13.0. The van der Waals surface area contributed by atoms with Crippen molar-refractivity contribution >= 4 is 5.91 Å². The number of halogens is 1. The van der Waals surface area contributed by atoms with Gasteiger partial charge in [-0.05, 0) is 41.5 Å². The molecule has 1 fully saturated rings. The summed E-state index contributed by atoms with van der Waals surface area (Å²) < 4.78 is 25.7. The normalized spacial score (nSPS) is 14.4. The molecule has 1 aromatic heterocycles. The Morgan fingerprint density at radius 3 is 2.21 bits per heavy atom. The van der Waals surface area contributed by atoms with Gasteiger partial charge in [-0.2, -0.15) is 0 Å². The third-order valence-corrected chi connectivity index (χ3v) is 7.34. The fraction of sp³-hybridized carbons (Fsp3) is 0.281. The molecular formula is C32H33FN2O3. The molecule has 196 valence electrons. The lowest BCUT2D eigenvalue weighted by molar-refractivity contribution is 0.0592. The van der Waals surface area contributed by atoms with Gasteiger partial charge in [-0.1, -0.05) is 74.5 Å². The molecular weight excluding hydrogens is 479 g/mol. The second-order valence-electron chi connectivity index (χ2n) is 10.2. The van der Waals surface area contributed by atoms with Gasteiger partial charge in [0, 0.05) is 43.7 Å². The maximum atomic E-state index is 14.0. The molecule has 0 radical (unpaired) electrons. The molecule has 0 atom stereocenters. The Kier molecular flexibility index (Phi) is 7.61. The number of carbonyl (C=O) groups excluding carboxylic acids is 1. The minimum Gasteiger partial charge on any atom is -0.486 e. The molecule has 0 N–H and O–H groups in total. The molecule has 5 rings (SSSR count). The summed E-state index contributed by atoms with van der Waals surface area (Å²) in [5.41, 5.74) is 3.03. The van der Waals surface area contributed by atoms with Gasteiger partial charge in [0.1, 0.15) is 23.9 Å². The Hall–Kier alpha value is -3.90. The molecule has 0 spiro atoms. The molecule has 0 aliphatic carbocycles.